The maximum absolute atomic E-state index is 11.6. The van der Waals surface area contributed by atoms with Crippen molar-refractivity contribution in [1.82, 2.24) is 10.2 Å². The van der Waals surface area contributed by atoms with Crippen molar-refractivity contribution < 1.29 is 23.9 Å². The first-order valence-corrected chi connectivity index (χ1v) is 4.71. The number of nitrogens with zero attached hydrogens (tertiary/aromatic N) is 1. The van der Waals surface area contributed by atoms with Crippen LogP contribution in [0.1, 0.15) is 6.92 Å². The van der Waals surface area contributed by atoms with E-state index in [1.807, 2.05) is 0 Å². The topological polar surface area (TPSA) is 84.9 Å². The molecule has 0 radical (unpaired) electrons. The molecule has 1 N–H and O–H groups in total. The van der Waals surface area contributed by atoms with E-state index in [0.717, 1.165) is 4.90 Å². The molecule has 0 fully saturated rings. The fourth-order valence-electron chi connectivity index (χ4n) is 0.973. The Hall–Kier alpha value is -1.63. The first kappa shape index (κ1) is 14.4. The van der Waals surface area contributed by atoms with Crippen molar-refractivity contribution in [2.75, 3.05) is 27.3 Å². The van der Waals surface area contributed by atoms with Crippen LogP contribution in [0, 0.1) is 0 Å². The van der Waals surface area contributed by atoms with Gasteiger partial charge in [0.05, 0.1) is 6.61 Å². The number of imide groups is 1. The minimum atomic E-state index is -1.10. The second-order valence-electron chi connectivity index (χ2n) is 2.91. The van der Waals surface area contributed by atoms with Gasteiger partial charge in [0.15, 0.2) is 0 Å². The van der Waals surface area contributed by atoms with Crippen LogP contribution < -0.4 is 5.32 Å². The Labute approximate surface area is 93.7 Å². The monoisotopic (exact) mass is 232 g/mol. The van der Waals surface area contributed by atoms with Crippen LogP contribution >= 0.6 is 0 Å². The molecule has 7 nitrogen and oxygen atoms in total. The third kappa shape index (κ3) is 4.26. The van der Waals surface area contributed by atoms with Crippen LogP contribution in [0.2, 0.25) is 0 Å². The lowest BCUT2D eigenvalue weighted by molar-refractivity contribution is -0.152. The van der Waals surface area contributed by atoms with Crippen molar-refractivity contribution in [3.8, 4) is 0 Å². The van der Waals surface area contributed by atoms with E-state index in [-0.39, 0.29) is 13.1 Å². The van der Waals surface area contributed by atoms with Gasteiger partial charge in [-0.1, -0.05) is 0 Å². The lowest BCUT2D eigenvalue weighted by Crippen LogP contribution is -2.47. The molecule has 0 bridgehead atoms. The highest BCUT2D eigenvalue weighted by Crippen LogP contribution is 1.98. The Morgan fingerprint density at radius 2 is 2.12 bits per heavy atom. The molecule has 0 spiro atoms. The molecule has 0 aliphatic heterocycles. The summed E-state index contributed by atoms with van der Waals surface area (Å²) in [5.41, 5.74) is 0. The van der Waals surface area contributed by atoms with E-state index >= 15 is 0 Å². The van der Waals surface area contributed by atoms with Crippen LogP contribution in [0.25, 0.3) is 0 Å². The molecule has 3 amide bonds. The number of nitrogens with one attached hydrogen (secondary N) is 1. The number of amides is 3. The lowest BCUT2D eigenvalue weighted by Gasteiger charge is -2.20. The summed E-state index contributed by atoms with van der Waals surface area (Å²) < 4.78 is 9.22. The number of ether oxygens (including phenoxy) is 2. The van der Waals surface area contributed by atoms with Gasteiger partial charge in [0.1, 0.15) is 0 Å². The zero-order valence-corrected chi connectivity index (χ0v) is 9.56. The number of hydrogen-bond acceptors (Lipinski definition) is 5. The Morgan fingerprint density at radius 1 is 1.50 bits per heavy atom. The fourth-order valence-corrected chi connectivity index (χ4v) is 0.973. The Kier molecular flexibility index (Phi) is 6.86. The number of carbonyl (C=O) groups excluding carboxylic acids is 3. The Morgan fingerprint density at radius 3 is 2.56 bits per heavy atom. The highest BCUT2D eigenvalue weighted by molar-refractivity contribution is 5.96. The molecule has 92 valence electrons. The molecule has 0 aromatic heterocycles. The molecule has 16 heavy (non-hydrogen) atoms. The summed E-state index contributed by atoms with van der Waals surface area (Å²) in [6.07, 6.45) is -1.10. The van der Waals surface area contributed by atoms with Crippen LogP contribution in [0.3, 0.4) is 0 Å². The largest absolute Gasteiger partial charge is 0.452 e. The molecule has 1 atom stereocenters. The molecule has 0 aromatic carbocycles. The molecule has 0 rings (SSSR count). The molecular formula is C9H16N2O5. The van der Waals surface area contributed by atoms with E-state index < -0.39 is 18.0 Å². The van der Waals surface area contributed by atoms with Crippen molar-refractivity contribution in [3.05, 3.63) is 0 Å². The number of methoxy groups -OCH3 is 1. The van der Waals surface area contributed by atoms with Gasteiger partial charge in [0.25, 0.3) is 12.4 Å². The highest BCUT2D eigenvalue weighted by atomic mass is 16.6. The van der Waals surface area contributed by atoms with E-state index in [9.17, 15) is 14.4 Å². The van der Waals surface area contributed by atoms with Gasteiger partial charge in [-0.25, -0.2) is 4.79 Å². The zero-order chi connectivity index (χ0) is 12.6. The predicted molar refractivity (Wildman–Crippen MR) is 54.7 cm³/mol. The second-order valence-corrected chi connectivity index (χ2v) is 2.91. The molecular weight excluding hydrogens is 216 g/mol. The third-order valence-electron chi connectivity index (χ3n) is 1.78. The van der Waals surface area contributed by atoms with Gasteiger partial charge in [-0.15, -0.1) is 0 Å². The van der Waals surface area contributed by atoms with Crippen molar-refractivity contribution >= 4 is 18.4 Å². The smallest absolute Gasteiger partial charge is 0.323 e. The molecule has 0 aliphatic rings. The molecule has 0 heterocycles. The Balaban J connectivity index is 4.46. The van der Waals surface area contributed by atoms with Crippen LogP contribution in [-0.2, 0) is 19.1 Å². The summed E-state index contributed by atoms with van der Waals surface area (Å²) in [6, 6.07) is -0.553. The van der Waals surface area contributed by atoms with Gasteiger partial charge in [0, 0.05) is 20.7 Å². The summed E-state index contributed by atoms with van der Waals surface area (Å²) in [4.78, 5) is 34.0. The molecule has 0 aliphatic carbocycles. The van der Waals surface area contributed by atoms with Crippen LogP contribution in [0.5, 0.6) is 0 Å². The fraction of sp³-hybridized carbons (Fsp3) is 0.667. The SMILES string of the molecule is CCNC(=O)N(C)C(=O)C(COC)OC=O. The van der Waals surface area contributed by atoms with Crippen molar-refractivity contribution in [1.29, 1.82) is 0 Å². The first-order valence-electron chi connectivity index (χ1n) is 4.71. The van der Waals surface area contributed by atoms with Crippen LogP contribution in [0.4, 0.5) is 4.79 Å². The van der Waals surface area contributed by atoms with Gasteiger partial charge < -0.3 is 14.8 Å². The van der Waals surface area contributed by atoms with Crippen LogP contribution in [-0.4, -0.2) is 56.7 Å². The lowest BCUT2D eigenvalue weighted by atomic mass is 10.3. The average molecular weight is 232 g/mol. The molecule has 0 aromatic rings. The summed E-state index contributed by atoms with van der Waals surface area (Å²) in [6.45, 7) is 2.18. The third-order valence-corrected chi connectivity index (χ3v) is 1.78. The van der Waals surface area contributed by atoms with E-state index in [1.54, 1.807) is 6.92 Å². The minimum absolute atomic E-state index is 0.0959. The summed E-state index contributed by atoms with van der Waals surface area (Å²) in [5, 5.41) is 2.45. The molecule has 0 saturated heterocycles. The van der Waals surface area contributed by atoms with Gasteiger partial charge in [-0.2, -0.15) is 0 Å². The number of urea groups is 1. The quantitative estimate of drug-likeness (QED) is 0.616. The van der Waals surface area contributed by atoms with Gasteiger partial charge in [-0.05, 0) is 6.92 Å². The predicted octanol–water partition coefficient (Wildman–Crippen LogP) is -0.638. The average Bonchev–Trinajstić information content (AvgIpc) is 2.27. The minimum Gasteiger partial charge on any atom is -0.452 e. The molecule has 0 saturated carbocycles. The number of hydrogen-bond donors (Lipinski definition) is 1. The standard InChI is InChI=1S/C9H16N2O5/c1-4-10-9(14)11(2)8(13)7(5-15-3)16-6-12/h6-7H,4-5H2,1-3H3,(H,10,14). The zero-order valence-electron chi connectivity index (χ0n) is 9.56. The molecule has 1 unspecified atom stereocenters. The normalized spacial score (nSPS) is 11.4. The first-order chi connectivity index (χ1) is 7.58. The summed E-state index contributed by atoms with van der Waals surface area (Å²) in [5.74, 6) is -0.639. The number of carbonyl (C=O) groups is 3. The van der Waals surface area contributed by atoms with Crippen molar-refractivity contribution in [3.63, 3.8) is 0 Å². The Bertz CT molecular complexity index is 256. The maximum atomic E-state index is 11.6. The van der Waals surface area contributed by atoms with Gasteiger partial charge >= 0.3 is 6.03 Å². The van der Waals surface area contributed by atoms with Crippen LogP contribution in [0.15, 0.2) is 0 Å². The highest BCUT2D eigenvalue weighted by Gasteiger charge is 2.26. The van der Waals surface area contributed by atoms with Crippen molar-refractivity contribution in [2.24, 2.45) is 0 Å². The van der Waals surface area contributed by atoms with E-state index in [4.69, 9.17) is 4.74 Å². The van der Waals surface area contributed by atoms with Gasteiger partial charge in [-0.3, -0.25) is 14.5 Å². The maximum Gasteiger partial charge on any atom is 0.323 e. The van der Waals surface area contributed by atoms with Gasteiger partial charge in [0.2, 0.25) is 6.10 Å². The number of rotatable bonds is 6. The van der Waals surface area contributed by atoms with E-state index in [2.05, 4.69) is 10.1 Å². The summed E-state index contributed by atoms with van der Waals surface area (Å²) in [7, 11) is 2.66. The van der Waals surface area contributed by atoms with E-state index in [0.29, 0.717) is 6.54 Å². The molecule has 7 heteroatoms. The van der Waals surface area contributed by atoms with Crippen molar-refractivity contribution in [2.45, 2.75) is 13.0 Å². The van der Waals surface area contributed by atoms with E-state index in [1.165, 1.54) is 14.2 Å². The summed E-state index contributed by atoms with van der Waals surface area (Å²) >= 11 is 0. The number of likely N-dealkylation sites (N-methyl/N-ethyl adjacent to an activating group) is 1. The second kappa shape index (κ2) is 7.63.